The van der Waals surface area contributed by atoms with Crippen LogP contribution >= 0.6 is 11.6 Å². The summed E-state index contributed by atoms with van der Waals surface area (Å²) in [5.74, 6) is -0.603. The van der Waals surface area contributed by atoms with Crippen molar-refractivity contribution in [3.05, 3.63) is 58.6 Å². The van der Waals surface area contributed by atoms with E-state index in [9.17, 15) is 31.2 Å². The molecule has 1 atom stereocenters. The fourth-order valence-electron chi connectivity index (χ4n) is 3.85. The summed E-state index contributed by atoms with van der Waals surface area (Å²) in [5, 5.41) is 2.19. The van der Waals surface area contributed by atoms with E-state index >= 15 is 0 Å². The average molecular weight is 592 g/mol. The lowest BCUT2D eigenvalue weighted by molar-refractivity contribution is -0.140. The van der Waals surface area contributed by atoms with Crippen molar-refractivity contribution in [3.63, 3.8) is 0 Å². The topological polar surface area (TPSA) is 96.0 Å². The molecule has 2 aromatic carbocycles. The highest BCUT2D eigenvalue weighted by Crippen LogP contribution is 2.37. The lowest BCUT2D eigenvalue weighted by atomic mass is 10.1. The second-order valence-corrected chi connectivity index (χ2v) is 11.2. The number of unbranched alkanes of at least 4 members (excludes halogenated alkanes) is 1. The van der Waals surface area contributed by atoms with Crippen molar-refractivity contribution < 1.29 is 35.9 Å². The van der Waals surface area contributed by atoms with Gasteiger partial charge in [-0.3, -0.25) is 13.9 Å². The highest BCUT2D eigenvalue weighted by atomic mass is 35.5. The number of halogens is 4. The molecule has 0 aromatic heterocycles. The molecular formula is C26H33ClF3N3O5S. The zero-order valence-electron chi connectivity index (χ0n) is 22.2. The quantitative estimate of drug-likeness (QED) is 0.336. The molecule has 13 heteroatoms. The molecule has 0 heterocycles. The number of hydrogen-bond donors (Lipinski definition) is 1. The molecule has 2 aromatic rings. The van der Waals surface area contributed by atoms with Gasteiger partial charge in [-0.15, -0.1) is 0 Å². The van der Waals surface area contributed by atoms with E-state index in [2.05, 4.69) is 5.32 Å². The monoisotopic (exact) mass is 591 g/mol. The van der Waals surface area contributed by atoms with Gasteiger partial charge in [0.25, 0.3) is 0 Å². The van der Waals surface area contributed by atoms with Gasteiger partial charge in [0.05, 0.1) is 29.6 Å². The summed E-state index contributed by atoms with van der Waals surface area (Å²) in [5.41, 5.74) is -0.979. The molecule has 0 bridgehead atoms. The maximum absolute atomic E-state index is 13.7. The molecule has 0 spiro atoms. The fraction of sp³-hybridized carbons (Fsp3) is 0.462. The average Bonchev–Trinajstić information content (AvgIpc) is 2.86. The van der Waals surface area contributed by atoms with Crippen LogP contribution in [-0.2, 0) is 32.3 Å². The van der Waals surface area contributed by atoms with Gasteiger partial charge in [-0.1, -0.05) is 44.0 Å². The molecule has 0 unspecified atom stereocenters. The summed E-state index contributed by atoms with van der Waals surface area (Å²) < 4.78 is 71.4. The number of amides is 2. The molecule has 0 saturated carbocycles. The van der Waals surface area contributed by atoms with E-state index in [1.165, 1.54) is 12.0 Å². The van der Waals surface area contributed by atoms with E-state index in [1.807, 2.05) is 6.92 Å². The van der Waals surface area contributed by atoms with Crippen molar-refractivity contribution >= 4 is 39.1 Å². The molecule has 8 nitrogen and oxygen atoms in total. The van der Waals surface area contributed by atoms with Crippen LogP contribution in [0.25, 0.3) is 0 Å². The molecule has 2 amide bonds. The summed E-state index contributed by atoms with van der Waals surface area (Å²) in [4.78, 5) is 27.9. The number of rotatable bonds is 13. The van der Waals surface area contributed by atoms with Crippen molar-refractivity contribution in [2.24, 2.45) is 0 Å². The molecule has 0 fully saturated rings. The van der Waals surface area contributed by atoms with Gasteiger partial charge in [0.2, 0.25) is 21.8 Å². The number of ether oxygens (including phenoxy) is 1. The first-order chi connectivity index (χ1) is 18.2. The summed E-state index contributed by atoms with van der Waals surface area (Å²) in [6, 6.07) is 8.40. The third kappa shape index (κ3) is 9.03. The van der Waals surface area contributed by atoms with E-state index < -0.39 is 51.2 Å². The van der Waals surface area contributed by atoms with E-state index in [1.54, 1.807) is 31.2 Å². The normalized spacial score (nSPS) is 12.5. The van der Waals surface area contributed by atoms with Gasteiger partial charge in [0.15, 0.2) is 0 Å². The minimum absolute atomic E-state index is 0.0471. The van der Waals surface area contributed by atoms with Crippen LogP contribution in [-0.4, -0.2) is 57.6 Å². The van der Waals surface area contributed by atoms with Crippen molar-refractivity contribution in [2.75, 3.05) is 30.8 Å². The SMILES string of the molecule is CCCCNC(=O)[C@@H](CC)N(Cc1ccc(OC)cc1)C(=O)CN(c1ccc(Cl)c(C(F)(F)F)c1)S(C)(=O)=O. The number of carbonyl (C=O) groups excluding carboxylic acids is 2. The molecule has 0 aliphatic heterocycles. The van der Waals surface area contributed by atoms with Crippen LogP contribution in [0.15, 0.2) is 42.5 Å². The number of carbonyl (C=O) groups is 2. The number of hydrogen-bond acceptors (Lipinski definition) is 5. The Morgan fingerprint density at radius 2 is 1.74 bits per heavy atom. The minimum atomic E-state index is -4.84. The maximum Gasteiger partial charge on any atom is 0.417 e. The highest BCUT2D eigenvalue weighted by Gasteiger charge is 2.36. The number of sulfonamides is 1. The first kappa shape index (κ1) is 32.2. The van der Waals surface area contributed by atoms with Gasteiger partial charge < -0.3 is 15.0 Å². The molecule has 0 saturated heterocycles. The Morgan fingerprint density at radius 1 is 1.10 bits per heavy atom. The van der Waals surface area contributed by atoms with Gasteiger partial charge in [-0.25, -0.2) is 8.42 Å². The van der Waals surface area contributed by atoms with Crippen LogP contribution in [0.1, 0.15) is 44.2 Å². The largest absolute Gasteiger partial charge is 0.497 e. The Balaban J connectivity index is 2.49. The first-order valence-electron chi connectivity index (χ1n) is 12.3. The zero-order valence-corrected chi connectivity index (χ0v) is 23.8. The number of anilines is 1. The number of nitrogens with one attached hydrogen (secondary N) is 1. The molecule has 39 heavy (non-hydrogen) atoms. The van der Waals surface area contributed by atoms with Gasteiger partial charge in [0, 0.05) is 13.1 Å². The van der Waals surface area contributed by atoms with Crippen LogP contribution in [0.5, 0.6) is 5.75 Å². The molecule has 216 valence electrons. The third-order valence-corrected chi connectivity index (χ3v) is 7.42. The van der Waals surface area contributed by atoms with E-state index in [0.717, 1.165) is 31.2 Å². The van der Waals surface area contributed by atoms with Crippen molar-refractivity contribution in [2.45, 2.75) is 51.9 Å². The van der Waals surface area contributed by atoms with Gasteiger partial charge >= 0.3 is 6.18 Å². The van der Waals surface area contributed by atoms with Crippen LogP contribution < -0.4 is 14.4 Å². The molecule has 1 N–H and O–H groups in total. The van der Waals surface area contributed by atoms with E-state index in [4.69, 9.17) is 16.3 Å². The van der Waals surface area contributed by atoms with E-state index in [-0.39, 0.29) is 18.7 Å². The van der Waals surface area contributed by atoms with Crippen LogP contribution in [0.4, 0.5) is 18.9 Å². The smallest absolute Gasteiger partial charge is 0.417 e. The Morgan fingerprint density at radius 3 is 2.26 bits per heavy atom. The van der Waals surface area contributed by atoms with Crippen molar-refractivity contribution in [3.8, 4) is 5.75 Å². The second-order valence-electron chi connectivity index (χ2n) is 8.87. The zero-order chi connectivity index (χ0) is 29.4. The number of methoxy groups -OCH3 is 1. The molecule has 0 radical (unpaired) electrons. The molecule has 0 aliphatic rings. The lowest BCUT2D eigenvalue weighted by Crippen LogP contribution is -2.52. The maximum atomic E-state index is 13.7. The lowest BCUT2D eigenvalue weighted by Gasteiger charge is -2.33. The second kappa shape index (κ2) is 13.9. The van der Waals surface area contributed by atoms with Crippen molar-refractivity contribution in [1.29, 1.82) is 0 Å². The van der Waals surface area contributed by atoms with Crippen LogP contribution in [0.2, 0.25) is 5.02 Å². The molecule has 0 aliphatic carbocycles. The van der Waals surface area contributed by atoms with Gasteiger partial charge in [0.1, 0.15) is 18.3 Å². The number of nitrogens with zero attached hydrogens (tertiary/aromatic N) is 2. The Kier molecular flexibility index (Phi) is 11.5. The predicted molar refractivity (Wildman–Crippen MR) is 144 cm³/mol. The number of benzene rings is 2. The fourth-order valence-corrected chi connectivity index (χ4v) is 4.92. The van der Waals surface area contributed by atoms with E-state index in [0.29, 0.717) is 28.2 Å². The number of alkyl halides is 3. The summed E-state index contributed by atoms with van der Waals surface area (Å²) in [6.07, 6.45) is -2.27. The Labute approximate surface area is 232 Å². The first-order valence-corrected chi connectivity index (χ1v) is 14.5. The standard InChI is InChI=1S/C26H33ClF3N3O5S/c1-5-7-14-31-25(35)23(6-2)32(16-18-8-11-20(38-3)12-9-18)24(34)17-33(39(4,36)37)19-10-13-22(27)21(15-19)26(28,29)30/h8-13,15,23H,5-7,14,16-17H2,1-4H3,(H,31,35)/t23-/m1/s1. The minimum Gasteiger partial charge on any atom is -0.497 e. The summed E-state index contributed by atoms with van der Waals surface area (Å²) in [6.45, 7) is 3.20. The Bertz CT molecular complexity index is 1240. The molecule has 2 rings (SSSR count). The van der Waals surface area contributed by atoms with Crippen molar-refractivity contribution in [1.82, 2.24) is 10.2 Å². The van der Waals surface area contributed by atoms with Gasteiger partial charge in [-0.05, 0) is 48.7 Å². The predicted octanol–water partition coefficient (Wildman–Crippen LogP) is 4.86. The highest BCUT2D eigenvalue weighted by molar-refractivity contribution is 7.92. The summed E-state index contributed by atoms with van der Waals surface area (Å²) in [7, 11) is -2.72. The van der Waals surface area contributed by atoms with Gasteiger partial charge in [-0.2, -0.15) is 13.2 Å². The third-order valence-electron chi connectivity index (χ3n) is 5.95. The van der Waals surface area contributed by atoms with Crippen LogP contribution in [0, 0.1) is 0 Å². The molecular weight excluding hydrogens is 559 g/mol. The Hall–Kier alpha value is -2.99. The summed E-state index contributed by atoms with van der Waals surface area (Å²) >= 11 is 5.70. The van der Waals surface area contributed by atoms with Crippen LogP contribution in [0.3, 0.4) is 0 Å².